The summed E-state index contributed by atoms with van der Waals surface area (Å²) in [4.78, 5) is 29.6. The quantitative estimate of drug-likeness (QED) is 0.270. The van der Waals surface area contributed by atoms with Crippen molar-refractivity contribution in [2.45, 2.75) is 129 Å². The van der Waals surface area contributed by atoms with Gasteiger partial charge in [-0.3, -0.25) is 19.4 Å². The van der Waals surface area contributed by atoms with Gasteiger partial charge in [0.2, 0.25) is 11.8 Å². The van der Waals surface area contributed by atoms with Gasteiger partial charge in [0.15, 0.2) is 0 Å². The van der Waals surface area contributed by atoms with Crippen molar-refractivity contribution >= 4 is 11.8 Å². The van der Waals surface area contributed by atoms with Gasteiger partial charge in [0.1, 0.15) is 0 Å². The van der Waals surface area contributed by atoms with Gasteiger partial charge in [0.05, 0.1) is 0 Å². The van der Waals surface area contributed by atoms with E-state index in [2.05, 4.69) is 52.6 Å². The molecular weight excluding hydrogens is 372 g/mol. The highest BCUT2D eigenvalue weighted by Crippen LogP contribution is 2.39. The summed E-state index contributed by atoms with van der Waals surface area (Å²) in [6.07, 6.45) is 17.0. The first kappa shape index (κ1) is 25.1. The fraction of sp³-hybridized carbons (Fsp3) is 0.846. The predicted octanol–water partition coefficient (Wildman–Crippen LogP) is 6.45. The Labute approximate surface area is 185 Å². The van der Waals surface area contributed by atoms with Crippen molar-refractivity contribution in [2.24, 2.45) is 5.92 Å². The van der Waals surface area contributed by atoms with Crippen LogP contribution in [0, 0.1) is 5.92 Å². The van der Waals surface area contributed by atoms with E-state index >= 15 is 0 Å². The molecule has 0 aromatic rings. The number of unbranched alkanes of at least 4 members (excludes halogenated alkanes) is 9. The maximum absolute atomic E-state index is 13.1. The molecule has 1 fully saturated rings. The zero-order valence-corrected chi connectivity index (χ0v) is 20.6. The summed E-state index contributed by atoms with van der Waals surface area (Å²) in [5, 5.41) is 0. The maximum atomic E-state index is 13.1. The second kappa shape index (κ2) is 10.9. The lowest BCUT2D eigenvalue weighted by atomic mass is 9.83. The molecule has 4 heteroatoms. The van der Waals surface area contributed by atoms with Crippen molar-refractivity contribution in [3.63, 3.8) is 0 Å². The van der Waals surface area contributed by atoms with Gasteiger partial charge in [-0.1, -0.05) is 71.1 Å². The van der Waals surface area contributed by atoms with Crippen molar-refractivity contribution in [2.75, 3.05) is 7.05 Å². The third kappa shape index (κ3) is 6.42. The monoisotopic (exact) mass is 418 g/mol. The van der Waals surface area contributed by atoms with E-state index in [0.717, 1.165) is 25.0 Å². The second-order valence-electron chi connectivity index (χ2n) is 10.8. The van der Waals surface area contributed by atoms with Crippen LogP contribution in [0.1, 0.15) is 118 Å². The Morgan fingerprint density at radius 2 is 1.43 bits per heavy atom. The zero-order chi connectivity index (χ0) is 22.4. The van der Waals surface area contributed by atoms with Crippen LogP contribution in [-0.2, 0) is 9.59 Å². The lowest BCUT2D eigenvalue weighted by Gasteiger charge is -2.50. The molecule has 30 heavy (non-hydrogen) atoms. The largest absolute Gasteiger partial charge is 0.292 e. The van der Waals surface area contributed by atoms with Crippen molar-refractivity contribution in [3.8, 4) is 0 Å². The van der Waals surface area contributed by atoms with E-state index in [1.807, 2.05) is 0 Å². The fourth-order valence-electron chi connectivity index (χ4n) is 5.14. The topological polar surface area (TPSA) is 40.6 Å². The molecule has 2 aliphatic heterocycles. The molecule has 0 aromatic carbocycles. The van der Waals surface area contributed by atoms with Gasteiger partial charge in [-0.2, -0.15) is 0 Å². The number of hydrogen-bond acceptors (Lipinski definition) is 3. The summed E-state index contributed by atoms with van der Waals surface area (Å²) in [7, 11) is 2.12. The molecule has 0 spiro atoms. The van der Waals surface area contributed by atoms with E-state index in [-0.39, 0.29) is 28.8 Å². The molecule has 2 rings (SSSR count). The summed E-state index contributed by atoms with van der Waals surface area (Å²) < 4.78 is 0. The van der Waals surface area contributed by atoms with Crippen LogP contribution in [0.4, 0.5) is 0 Å². The average Bonchev–Trinajstić information content (AvgIpc) is 2.94. The van der Waals surface area contributed by atoms with E-state index in [0.29, 0.717) is 6.42 Å². The van der Waals surface area contributed by atoms with E-state index in [4.69, 9.17) is 0 Å². The van der Waals surface area contributed by atoms with Crippen LogP contribution in [0.5, 0.6) is 0 Å². The highest BCUT2D eigenvalue weighted by Gasteiger charge is 2.45. The van der Waals surface area contributed by atoms with E-state index in [1.54, 1.807) is 0 Å². The molecule has 0 N–H and O–H groups in total. The van der Waals surface area contributed by atoms with Gasteiger partial charge in [-0.05, 0) is 47.2 Å². The third-order valence-electron chi connectivity index (χ3n) is 7.34. The van der Waals surface area contributed by atoms with Gasteiger partial charge in [-0.25, -0.2) is 0 Å². The van der Waals surface area contributed by atoms with E-state index in [1.165, 1.54) is 62.7 Å². The molecule has 172 valence electrons. The number of rotatable bonds is 12. The zero-order valence-electron chi connectivity index (χ0n) is 20.6. The molecule has 0 saturated carbocycles. The number of likely N-dealkylation sites (N-methyl/N-ethyl adjacent to an activating group) is 1. The minimum atomic E-state index is -0.174. The highest BCUT2D eigenvalue weighted by molar-refractivity contribution is 6.05. The molecule has 0 bridgehead atoms. The van der Waals surface area contributed by atoms with Crippen LogP contribution in [0.15, 0.2) is 11.8 Å². The maximum Gasteiger partial charge on any atom is 0.237 e. The first-order valence-electron chi connectivity index (χ1n) is 12.4. The molecule has 0 aromatic heterocycles. The Kier molecular flexibility index (Phi) is 9.14. The van der Waals surface area contributed by atoms with Crippen molar-refractivity contribution in [3.05, 3.63) is 11.8 Å². The SMILES string of the molecule is CCCCCCCCCCCCC1CC(=O)N(C2=CC(C)(C)N(C)C(C)(C)C2)C1=O. The lowest BCUT2D eigenvalue weighted by molar-refractivity contribution is -0.137. The van der Waals surface area contributed by atoms with Gasteiger partial charge in [0.25, 0.3) is 0 Å². The molecular formula is C26H46N2O2. The highest BCUT2D eigenvalue weighted by atomic mass is 16.2. The van der Waals surface area contributed by atoms with Crippen LogP contribution in [0.2, 0.25) is 0 Å². The lowest BCUT2D eigenvalue weighted by Crippen LogP contribution is -2.56. The Hall–Kier alpha value is -1.16. The minimum absolute atomic E-state index is 0.000479. The van der Waals surface area contributed by atoms with Gasteiger partial charge < -0.3 is 0 Å². The van der Waals surface area contributed by atoms with Crippen LogP contribution in [-0.4, -0.2) is 39.7 Å². The van der Waals surface area contributed by atoms with Crippen LogP contribution < -0.4 is 0 Å². The molecule has 2 heterocycles. The molecule has 2 amide bonds. The molecule has 1 saturated heterocycles. The van der Waals surface area contributed by atoms with E-state index < -0.39 is 0 Å². The summed E-state index contributed by atoms with van der Waals surface area (Å²) in [6, 6.07) is 0. The van der Waals surface area contributed by atoms with Gasteiger partial charge >= 0.3 is 0 Å². The number of hydrogen-bond donors (Lipinski definition) is 0. The van der Waals surface area contributed by atoms with Gasteiger partial charge in [-0.15, -0.1) is 0 Å². The molecule has 0 aliphatic carbocycles. The average molecular weight is 419 g/mol. The summed E-state index contributed by atoms with van der Waals surface area (Å²) >= 11 is 0. The number of likely N-dealkylation sites (tertiary alicyclic amines) is 1. The second-order valence-corrected chi connectivity index (χ2v) is 10.8. The Morgan fingerprint density at radius 3 is 1.97 bits per heavy atom. The summed E-state index contributed by atoms with van der Waals surface area (Å²) in [5.74, 6) is -0.0730. The van der Waals surface area contributed by atoms with Gasteiger partial charge in [0, 0.05) is 35.5 Å². The van der Waals surface area contributed by atoms with Crippen molar-refractivity contribution < 1.29 is 9.59 Å². The standard InChI is InChI=1S/C26H46N2O2/c1-7-8-9-10-11-12-13-14-15-16-17-21-18-23(29)28(24(21)30)22-19-25(2,3)27(6)26(4,5)20-22/h19,21H,7-18,20H2,1-6H3. The number of carbonyl (C=O) groups excluding carboxylic acids is 2. The molecule has 1 atom stereocenters. The smallest absolute Gasteiger partial charge is 0.237 e. The number of amides is 2. The fourth-order valence-corrected chi connectivity index (χ4v) is 5.14. The first-order chi connectivity index (χ1) is 14.1. The summed E-state index contributed by atoms with van der Waals surface area (Å²) in [5.41, 5.74) is 0.651. The number of nitrogens with zero attached hydrogens (tertiary/aromatic N) is 2. The van der Waals surface area contributed by atoms with Crippen LogP contribution in [0.3, 0.4) is 0 Å². The predicted molar refractivity (Wildman–Crippen MR) is 125 cm³/mol. The Morgan fingerprint density at radius 1 is 0.900 bits per heavy atom. The third-order valence-corrected chi connectivity index (χ3v) is 7.34. The molecule has 4 nitrogen and oxygen atoms in total. The normalized spacial score (nSPS) is 23.9. The van der Waals surface area contributed by atoms with Crippen molar-refractivity contribution in [1.82, 2.24) is 9.80 Å². The van der Waals surface area contributed by atoms with Crippen LogP contribution in [0.25, 0.3) is 0 Å². The number of imide groups is 1. The first-order valence-corrected chi connectivity index (χ1v) is 12.4. The molecule has 0 radical (unpaired) electrons. The Balaban J connectivity index is 1.77. The Bertz CT molecular complexity index is 621. The van der Waals surface area contributed by atoms with Crippen molar-refractivity contribution in [1.29, 1.82) is 0 Å². The van der Waals surface area contributed by atoms with E-state index in [9.17, 15) is 9.59 Å². The number of carbonyl (C=O) groups is 2. The molecule has 1 unspecified atom stereocenters. The molecule has 2 aliphatic rings. The van der Waals surface area contributed by atoms with Crippen LogP contribution >= 0.6 is 0 Å². The summed E-state index contributed by atoms with van der Waals surface area (Å²) in [6.45, 7) is 10.9. The minimum Gasteiger partial charge on any atom is -0.292 e.